The van der Waals surface area contributed by atoms with Gasteiger partial charge in [0.2, 0.25) is 5.91 Å². The molecular formula is C24H23ClN2O2. The number of aryl methyl sites for hydroxylation is 1. The number of carbonyl (C=O) groups excluding carboxylic acids is 2. The van der Waals surface area contributed by atoms with Gasteiger partial charge in [0.15, 0.2) is 5.78 Å². The van der Waals surface area contributed by atoms with Crippen LogP contribution in [0.5, 0.6) is 0 Å². The average Bonchev–Trinajstić information content (AvgIpc) is 2.77. The molecule has 5 heteroatoms. The zero-order valence-electron chi connectivity index (χ0n) is 16.6. The molecule has 0 N–H and O–H groups in total. The van der Waals surface area contributed by atoms with Crippen molar-refractivity contribution in [3.63, 3.8) is 0 Å². The third-order valence-electron chi connectivity index (χ3n) is 4.90. The van der Waals surface area contributed by atoms with E-state index in [-0.39, 0.29) is 11.7 Å². The largest absolute Gasteiger partial charge is 0.316 e. The number of carbonyl (C=O) groups is 2. The van der Waals surface area contributed by atoms with Crippen LogP contribution < -0.4 is 4.90 Å². The molecule has 1 heterocycles. The molecule has 0 fully saturated rings. The summed E-state index contributed by atoms with van der Waals surface area (Å²) in [7, 11) is 1.78. The zero-order valence-corrected chi connectivity index (χ0v) is 17.3. The molecule has 0 saturated carbocycles. The Morgan fingerprint density at radius 2 is 1.55 bits per heavy atom. The number of anilines is 1. The number of nitrogens with zero attached hydrogens (tertiary/aromatic N) is 2. The Kier molecular flexibility index (Phi) is 6.78. The summed E-state index contributed by atoms with van der Waals surface area (Å²) in [5, 5.41) is 0.451. The second kappa shape index (κ2) is 9.48. The van der Waals surface area contributed by atoms with Crippen molar-refractivity contribution in [2.45, 2.75) is 26.2 Å². The SMILES string of the molecule is CCC(=O)N(C)c1ccc(-c2ccc(C(=O)CCc3ccc(Cl)nc3)cc2)cc1. The van der Waals surface area contributed by atoms with Gasteiger partial charge in [0, 0.05) is 37.3 Å². The van der Waals surface area contributed by atoms with E-state index >= 15 is 0 Å². The van der Waals surface area contributed by atoms with Crippen molar-refractivity contribution in [3.05, 3.63) is 83.1 Å². The molecule has 0 saturated heterocycles. The summed E-state index contributed by atoms with van der Waals surface area (Å²) in [6.45, 7) is 1.85. The Morgan fingerprint density at radius 1 is 0.931 bits per heavy atom. The molecule has 148 valence electrons. The Bertz CT molecular complexity index is 981. The molecule has 1 amide bonds. The number of ketones is 1. The molecule has 2 aromatic carbocycles. The monoisotopic (exact) mass is 406 g/mol. The number of pyridine rings is 1. The second-order valence-corrected chi connectivity index (χ2v) is 7.23. The maximum Gasteiger partial charge on any atom is 0.226 e. The minimum Gasteiger partial charge on any atom is -0.316 e. The highest BCUT2D eigenvalue weighted by atomic mass is 35.5. The Morgan fingerprint density at radius 3 is 2.10 bits per heavy atom. The van der Waals surface area contributed by atoms with Gasteiger partial charge in [-0.2, -0.15) is 0 Å². The summed E-state index contributed by atoms with van der Waals surface area (Å²) >= 11 is 5.78. The van der Waals surface area contributed by atoms with Crippen molar-refractivity contribution in [2.24, 2.45) is 0 Å². The smallest absolute Gasteiger partial charge is 0.226 e. The van der Waals surface area contributed by atoms with Gasteiger partial charge >= 0.3 is 0 Å². The number of halogens is 1. The molecule has 0 aliphatic carbocycles. The van der Waals surface area contributed by atoms with Crippen molar-refractivity contribution >= 4 is 29.0 Å². The highest BCUT2D eigenvalue weighted by Crippen LogP contribution is 2.24. The van der Waals surface area contributed by atoms with E-state index in [1.807, 2.05) is 61.5 Å². The highest BCUT2D eigenvalue weighted by molar-refractivity contribution is 6.29. The van der Waals surface area contributed by atoms with Crippen molar-refractivity contribution in [1.82, 2.24) is 4.98 Å². The van der Waals surface area contributed by atoms with E-state index in [4.69, 9.17) is 11.6 Å². The Labute approximate surface area is 176 Å². The lowest BCUT2D eigenvalue weighted by molar-refractivity contribution is -0.118. The molecule has 0 aliphatic heterocycles. The van der Waals surface area contributed by atoms with E-state index in [2.05, 4.69) is 4.98 Å². The van der Waals surface area contributed by atoms with Gasteiger partial charge < -0.3 is 4.90 Å². The second-order valence-electron chi connectivity index (χ2n) is 6.84. The predicted octanol–water partition coefficient (Wildman–Crippen LogP) is 5.59. The van der Waals surface area contributed by atoms with Crippen LogP contribution in [0.4, 0.5) is 5.69 Å². The summed E-state index contributed by atoms with van der Waals surface area (Å²) in [6.07, 6.45) is 3.24. The maximum absolute atomic E-state index is 12.5. The predicted molar refractivity (Wildman–Crippen MR) is 117 cm³/mol. The fourth-order valence-electron chi connectivity index (χ4n) is 3.06. The molecule has 1 aromatic heterocycles. The molecule has 0 radical (unpaired) electrons. The van der Waals surface area contributed by atoms with E-state index in [1.54, 1.807) is 24.2 Å². The summed E-state index contributed by atoms with van der Waals surface area (Å²) in [5.41, 5.74) is 4.62. The van der Waals surface area contributed by atoms with Gasteiger partial charge in [-0.15, -0.1) is 0 Å². The summed E-state index contributed by atoms with van der Waals surface area (Å²) in [4.78, 5) is 30.0. The summed E-state index contributed by atoms with van der Waals surface area (Å²) < 4.78 is 0. The van der Waals surface area contributed by atoms with Crippen LogP contribution in [-0.4, -0.2) is 23.7 Å². The number of aromatic nitrogens is 1. The molecule has 0 aliphatic rings. The first-order valence-corrected chi connectivity index (χ1v) is 9.96. The molecule has 4 nitrogen and oxygen atoms in total. The first-order chi connectivity index (χ1) is 14.0. The van der Waals surface area contributed by atoms with Gasteiger partial charge in [-0.3, -0.25) is 9.59 Å². The van der Waals surface area contributed by atoms with Gasteiger partial charge in [0.1, 0.15) is 5.15 Å². The normalized spacial score (nSPS) is 10.6. The lowest BCUT2D eigenvalue weighted by atomic mass is 9.99. The van der Waals surface area contributed by atoms with Crippen LogP contribution in [0.2, 0.25) is 5.15 Å². The molecule has 0 atom stereocenters. The Hall–Kier alpha value is -2.98. The minimum absolute atomic E-state index is 0.0787. The molecular weight excluding hydrogens is 384 g/mol. The molecule has 3 aromatic rings. The molecule has 0 bridgehead atoms. The summed E-state index contributed by atoms with van der Waals surface area (Å²) in [6, 6.07) is 19.1. The van der Waals surface area contributed by atoms with Gasteiger partial charge in [0.05, 0.1) is 0 Å². The third kappa shape index (κ3) is 5.30. The molecule has 29 heavy (non-hydrogen) atoms. The number of hydrogen-bond acceptors (Lipinski definition) is 3. The third-order valence-corrected chi connectivity index (χ3v) is 5.12. The van der Waals surface area contributed by atoms with Crippen LogP contribution in [0.25, 0.3) is 11.1 Å². The first kappa shape index (κ1) is 20.7. The van der Waals surface area contributed by atoms with Gasteiger partial charge in [0.25, 0.3) is 0 Å². The van der Waals surface area contributed by atoms with Crippen molar-refractivity contribution < 1.29 is 9.59 Å². The number of rotatable bonds is 7. The van der Waals surface area contributed by atoms with Crippen LogP contribution >= 0.6 is 11.6 Å². The average molecular weight is 407 g/mol. The van der Waals surface area contributed by atoms with Crippen molar-refractivity contribution in [3.8, 4) is 11.1 Å². The minimum atomic E-state index is 0.0787. The number of amides is 1. The van der Waals surface area contributed by atoms with Gasteiger partial charge in [-0.25, -0.2) is 4.98 Å². The van der Waals surface area contributed by atoms with Crippen LogP contribution in [0, 0.1) is 0 Å². The standard InChI is InChI=1S/C24H23ClN2O2/c1-3-24(29)27(2)21-12-10-19(11-13-21)18-6-8-20(9-7-18)22(28)14-4-17-5-15-23(25)26-16-17/h5-13,15-16H,3-4,14H2,1-2H3. The van der Waals surface area contributed by atoms with Crippen LogP contribution in [0.1, 0.15) is 35.7 Å². The lowest BCUT2D eigenvalue weighted by Crippen LogP contribution is -2.24. The van der Waals surface area contributed by atoms with E-state index in [1.165, 1.54) is 0 Å². The van der Waals surface area contributed by atoms with E-state index in [9.17, 15) is 9.59 Å². The summed E-state index contributed by atoms with van der Waals surface area (Å²) in [5.74, 6) is 0.177. The van der Waals surface area contributed by atoms with E-state index in [0.717, 1.165) is 22.4 Å². The maximum atomic E-state index is 12.5. The topological polar surface area (TPSA) is 50.3 Å². The van der Waals surface area contributed by atoms with E-state index in [0.29, 0.717) is 30.0 Å². The zero-order chi connectivity index (χ0) is 20.8. The number of benzene rings is 2. The Balaban J connectivity index is 1.64. The molecule has 0 unspecified atom stereocenters. The highest BCUT2D eigenvalue weighted by Gasteiger charge is 2.10. The van der Waals surface area contributed by atoms with Crippen LogP contribution in [0.3, 0.4) is 0 Å². The lowest BCUT2D eigenvalue weighted by Gasteiger charge is -2.16. The van der Waals surface area contributed by atoms with Crippen molar-refractivity contribution in [1.29, 1.82) is 0 Å². The van der Waals surface area contributed by atoms with Crippen LogP contribution in [0.15, 0.2) is 66.9 Å². The van der Waals surface area contributed by atoms with Crippen molar-refractivity contribution in [2.75, 3.05) is 11.9 Å². The fraction of sp³-hybridized carbons (Fsp3) is 0.208. The first-order valence-electron chi connectivity index (χ1n) is 9.58. The van der Waals surface area contributed by atoms with E-state index < -0.39 is 0 Å². The van der Waals surface area contributed by atoms with Gasteiger partial charge in [-0.05, 0) is 41.3 Å². The quantitative estimate of drug-likeness (QED) is 0.379. The fourth-order valence-corrected chi connectivity index (χ4v) is 3.18. The van der Waals surface area contributed by atoms with Gasteiger partial charge in [-0.1, -0.05) is 61.0 Å². The number of hydrogen-bond donors (Lipinski definition) is 0. The van der Waals surface area contributed by atoms with Crippen LogP contribution in [-0.2, 0) is 11.2 Å². The molecule has 0 spiro atoms. The number of Topliss-reactive ketones (excluding diaryl/α,β-unsaturated/α-hetero) is 1. The molecule has 3 rings (SSSR count).